The van der Waals surface area contributed by atoms with Gasteiger partial charge in [0.15, 0.2) is 0 Å². The van der Waals surface area contributed by atoms with Gasteiger partial charge in [0.05, 0.1) is 10.8 Å². The SMILES string of the molecule is Cc1cc(N2C=CC(c3ccccc3)(c3ccccc3)C=C2)cc2c1-c1cc3c(cc1C2(C)C)-c1c(C)cc(N2C=CC(c4ccccc4)(c4ccccc4)C=C2)cc1C3(C)C. The van der Waals surface area contributed by atoms with Crippen LogP contribution in [-0.4, -0.2) is 0 Å². The summed E-state index contributed by atoms with van der Waals surface area (Å²) in [5.74, 6) is 0. The van der Waals surface area contributed by atoms with Crippen LogP contribution in [-0.2, 0) is 21.7 Å². The highest BCUT2D eigenvalue weighted by atomic mass is 15.1. The molecule has 7 aromatic rings. The van der Waals surface area contributed by atoms with Crippen molar-refractivity contribution in [3.63, 3.8) is 0 Å². The Hall–Kier alpha value is -6.90. The van der Waals surface area contributed by atoms with Crippen LogP contribution in [0.3, 0.4) is 0 Å². The molecule has 11 rings (SSSR count). The van der Waals surface area contributed by atoms with Crippen LogP contribution in [0.5, 0.6) is 0 Å². The molecule has 4 aliphatic rings. The topological polar surface area (TPSA) is 6.48 Å². The van der Waals surface area contributed by atoms with E-state index in [9.17, 15) is 0 Å². The predicted molar refractivity (Wildman–Crippen MR) is 260 cm³/mol. The number of allylic oxidation sites excluding steroid dienone is 4. The summed E-state index contributed by atoms with van der Waals surface area (Å²) in [7, 11) is 0. The van der Waals surface area contributed by atoms with E-state index in [-0.39, 0.29) is 21.7 Å². The highest BCUT2D eigenvalue weighted by Crippen LogP contribution is 2.58. The molecule has 2 heteroatoms. The molecule has 62 heavy (non-hydrogen) atoms. The Morgan fingerprint density at radius 1 is 0.339 bits per heavy atom. The smallest absolute Gasteiger partial charge is 0.0596 e. The fourth-order valence-corrected chi connectivity index (χ4v) is 11.2. The monoisotopic (exact) mass is 800 g/mol. The standard InChI is InChI=1S/C60H52N2/c1-41-35-47(61-31-27-59(28-32-61,43-19-11-7-12-20-43)44-21-13-8-14-22-44)37-53-55(41)49-39-52-50(40-51(49)57(53,3)4)56-42(2)36-48(38-54(56)58(52,5)6)62-33-29-60(30-34-62,45-23-15-9-16-24-45)46-25-17-10-18-26-46/h7-40H,1-6H3. The fraction of sp³-hybridized carbons (Fsp3) is 0.167. The summed E-state index contributed by atoms with van der Waals surface area (Å²) in [6.07, 6.45) is 18.5. The Balaban J connectivity index is 0.936. The Labute approximate surface area is 367 Å². The van der Waals surface area contributed by atoms with Gasteiger partial charge in [0, 0.05) is 47.0 Å². The minimum absolute atomic E-state index is 0.171. The molecule has 2 nitrogen and oxygen atoms in total. The van der Waals surface area contributed by atoms with E-state index < -0.39 is 0 Å². The summed E-state index contributed by atoms with van der Waals surface area (Å²) in [6.45, 7) is 14.3. The van der Waals surface area contributed by atoms with Gasteiger partial charge in [-0.3, -0.25) is 0 Å². The van der Waals surface area contributed by atoms with Crippen molar-refractivity contribution in [3.8, 4) is 22.3 Å². The minimum atomic E-state index is -0.333. The molecule has 302 valence electrons. The Kier molecular flexibility index (Phi) is 8.48. The van der Waals surface area contributed by atoms with E-state index in [1.54, 1.807) is 0 Å². The van der Waals surface area contributed by atoms with Crippen molar-refractivity contribution < 1.29 is 0 Å². The van der Waals surface area contributed by atoms with E-state index in [0.717, 1.165) is 0 Å². The first-order valence-electron chi connectivity index (χ1n) is 22.1. The van der Waals surface area contributed by atoms with Crippen molar-refractivity contribution in [3.05, 3.63) is 262 Å². The quantitative estimate of drug-likeness (QED) is 0.165. The predicted octanol–water partition coefficient (Wildman–Crippen LogP) is 14.6. The van der Waals surface area contributed by atoms with Crippen LogP contribution in [0.2, 0.25) is 0 Å². The first-order valence-corrected chi connectivity index (χ1v) is 22.1. The van der Waals surface area contributed by atoms with Gasteiger partial charge in [-0.05, 0) is 152 Å². The fourth-order valence-electron chi connectivity index (χ4n) is 11.2. The van der Waals surface area contributed by atoms with Gasteiger partial charge < -0.3 is 9.80 Å². The minimum Gasteiger partial charge on any atom is -0.324 e. The molecule has 2 heterocycles. The molecule has 0 amide bonds. The van der Waals surface area contributed by atoms with Crippen molar-refractivity contribution in [1.82, 2.24) is 0 Å². The van der Waals surface area contributed by atoms with Crippen LogP contribution in [0.1, 0.15) is 83.3 Å². The van der Waals surface area contributed by atoms with Gasteiger partial charge in [0.1, 0.15) is 0 Å². The van der Waals surface area contributed by atoms with E-state index in [1.165, 1.54) is 89.3 Å². The molecule has 0 spiro atoms. The van der Waals surface area contributed by atoms with E-state index in [1.807, 2.05) is 0 Å². The molecule has 0 aromatic heterocycles. The number of anilines is 2. The first kappa shape index (κ1) is 38.1. The summed E-state index contributed by atoms with van der Waals surface area (Å²) in [4.78, 5) is 4.60. The molecule has 0 unspecified atom stereocenters. The molecule has 0 N–H and O–H groups in total. The Morgan fingerprint density at radius 2 is 0.629 bits per heavy atom. The van der Waals surface area contributed by atoms with Crippen molar-refractivity contribution in [1.29, 1.82) is 0 Å². The van der Waals surface area contributed by atoms with E-state index in [4.69, 9.17) is 0 Å². The summed E-state index contributed by atoms with van der Waals surface area (Å²) in [5.41, 5.74) is 20.2. The highest BCUT2D eigenvalue weighted by Gasteiger charge is 2.43. The van der Waals surface area contributed by atoms with Crippen molar-refractivity contribution >= 4 is 11.4 Å². The highest BCUT2D eigenvalue weighted by molar-refractivity contribution is 5.93. The lowest BCUT2D eigenvalue weighted by atomic mass is 9.73. The van der Waals surface area contributed by atoms with Crippen LogP contribution < -0.4 is 9.80 Å². The van der Waals surface area contributed by atoms with E-state index >= 15 is 0 Å². The second kappa shape index (κ2) is 13.8. The van der Waals surface area contributed by atoms with Gasteiger partial charge in [-0.1, -0.05) is 149 Å². The third kappa shape index (κ3) is 5.55. The van der Waals surface area contributed by atoms with Crippen LogP contribution in [0, 0.1) is 13.8 Å². The average Bonchev–Trinajstić information content (AvgIpc) is 3.68. The first-order chi connectivity index (χ1) is 30.0. The number of rotatable bonds is 6. The van der Waals surface area contributed by atoms with Gasteiger partial charge in [-0.15, -0.1) is 0 Å². The normalized spacial score (nSPS) is 17.7. The number of fused-ring (bicyclic) bond motifs is 6. The number of hydrogen-bond donors (Lipinski definition) is 0. The second-order valence-corrected chi connectivity index (χ2v) is 18.8. The van der Waals surface area contributed by atoms with Gasteiger partial charge >= 0.3 is 0 Å². The summed E-state index contributed by atoms with van der Waals surface area (Å²) in [5, 5.41) is 0. The van der Waals surface area contributed by atoms with Crippen molar-refractivity contribution in [2.24, 2.45) is 0 Å². The lowest BCUT2D eigenvalue weighted by Crippen LogP contribution is -2.28. The van der Waals surface area contributed by atoms with Crippen LogP contribution >= 0.6 is 0 Å². The van der Waals surface area contributed by atoms with E-state index in [2.05, 4.69) is 258 Å². The van der Waals surface area contributed by atoms with Crippen molar-refractivity contribution in [2.75, 3.05) is 9.80 Å². The van der Waals surface area contributed by atoms with Crippen LogP contribution in [0.15, 0.2) is 207 Å². The number of nitrogens with zero attached hydrogens (tertiary/aromatic N) is 2. The number of benzene rings is 7. The average molecular weight is 801 g/mol. The molecule has 0 saturated carbocycles. The maximum atomic E-state index is 2.55. The van der Waals surface area contributed by atoms with Gasteiger partial charge in [0.25, 0.3) is 0 Å². The molecule has 0 bridgehead atoms. The summed E-state index contributed by atoms with van der Waals surface area (Å²) in [6, 6.07) is 58.1. The summed E-state index contributed by atoms with van der Waals surface area (Å²) >= 11 is 0. The van der Waals surface area contributed by atoms with Gasteiger partial charge in [0.2, 0.25) is 0 Å². The molecule has 2 aliphatic carbocycles. The maximum absolute atomic E-state index is 2.55. The Bertz CT molecular complexity index is 2700. The summed E-state index contributed by atoms with van der Waals surface area (Å²) < 4.78 is 0. The zero-order valence-corrected chi connectivity index (χ0v) is 36.5. The van der Waals surface area contributed by atoms with Gasteiger partial charge in [-0.25, -0.2) is 0 Å². The lowest BCUT2D eigenvalue weighted by molar-refractivity contribution is 0.652. The Morgan fingerprint density at radius 3 is 0.919 bits per heavy atom. The van der Waals surface area contributed by atoms with E-state index in [0.29, 0.717) is 0 Å². The maximum Gasteiger partial charge on any atom is 0.0596 e. The molecule has 0 fully saturated rings. The molecular formula is C60H52N2. The van der Waals surface area contributed by atoms with Crippen LogP contribution in [0.25, 0.3) is 22.3 Å². The molecule has 0 radical (unpaired) electrons. The lowest BCUT2D eigenvalue weighted by Gasteiger charge is -2.34. The van der Waals surface area contributed by atoms with Crippen LogP contribution in [0.4, 0.5) is 11.4 Å². The third-order valence-corrected chi connectivity index (χ3v) is 14.6. The number of aryl methyl sites for hydroxylation is 2. The zero-order valence-electron chi connectivity index (χ0n) is 36.5. The molecule has 0 saturated heterocycles. The second-order valence-electron chi connectivity index (χ2n) is 18.8. The molecule has 2 aliphatic heterocycles. The molecule has 0 atom stereocenters. The van der Waals surface area contributed by atoms with Crippen molar-refractivity contribution in [2.45, 2.75) is 63.2 Å². The zero-order chi connectivity index (χ0) is 42.4. The molecular weight excluding hydrogens is 749 g/mol. The van der Waals surface area contributed by atoms with Gasteiger partial charge in [-0.2, -0.15) is 0 Å². The molecule has 7 aromatic carbocycles. The number of hydrogen-bond acceptors (Lipinski definition) is 2. The largest absolute Gasteiger partial charge is 0.324 e. The third-order valence-electron chi connectivity index (χ3n) is 14.6.